The fourth-order valence-electron chi connectivity index (χ4n) is 1.10. The van der Waals surface area contributed by atoms with Gasteiger partial charge < -0.3 is 14.8 Å². The molecule has 1 unspecified atom stereocenters. The number of alkyl halides is 5. The van der Waals surface area contributed by atoms with Crippen LogP contribution in [-0.2, 0) is 14.3 Å². The number of carbonyl (C=O) groups is 1. The number of ether oxygens (including phenoxy) is 2. The van der Waals surface area contributed by atoms with Gasteiger partial charge in [0.25, 0.3) is 5.91 Å². The molecule has 4 nitrogen and oxygen atoms in total. The summed E-state index contributed by atoms with van der Waals surface area (Å²) in [7, 11) is 0. The third-order valence-electron chi connectivity index (χ3n) is 2.02. The van der Waals surface area contributed by atoms with Gasteiger partial charge in [0.2, 0.25) is 0 Å². The van der Waals surface area contributed by atoms with E-state index in [2.05, 4.69) is 0 Å². The molecule has 1 atom stereocenters. The Balaban J connectivity index is 2.43. The van der Waals surface area contributed by atoms with Crippen molar-refractivity contribution < 1.29 is 36.2 Å². The molecule has 9 heteroatoms. The molecule has 100 valence electrons. The number of nitrogens with one attached hydrogen (secondary N) is 1. The number of carbonyl (C=O) groups excluding carboxylic acids is 1. The van der Waals surface area contributed by atoms with Crippen molar-refractivity contribution in [2.45, 2.75) is 18.2 Å². The van der Waals surface area contributed by atoms with E-state index in [1.807, 2.05) is 0 Å². The Morgan fingerprint density at radius 3 is 2.35 bits per heavy atom. The van der Waals surface area contributed by atoms with Crippen LogP contribution in [0.15, 0.2) is 0 Å². The smallest absolute Gasteiger partial charge is 0.376 e. The molecule has 1 rings (SSSR count). The Labute approximate surface area is 93.1 Å². The molecule has 0 aromatic rings. The summed E-state index contributed by atoms with van der Waals surface area (Å²) in [4.78, 5) is 10.7. The maximum absolute atomic E-state index is 12.5. The van der Waals surface area contributed by atoms with E-state index >= 15 is 0 Å². The SMILES string of the molecule is O=C(NCC1COCCO1)C(F)(F)C(F)(F)F. The predicted molar refractivity (Wildman–Crippen MR) is 44.6 cm³/mol. The van der Waals surface area contributed by atoms with Gasteiger partial charge in [0, 0.05) is 6.54 Å². The zero-order valence-electron chi connectivity index (χ0n) is 8.52. The number of halogens is 5. The minimum absolute atomic E-state index is 0.0396. The van der Waals surface area contributed by atoms with Crippen LogP contribution in [0.3, 0.4) is 0 Å². The summed E-state index contributed by atoms with van der Waals surface area (Å²) in [6, 6.07) is 0. The standard InChI is InChI=1S/C8H10F5NO3/c9-7(10,8(11,12)13)6(15)14-3-5-4-16-1-2-17-5/h5H,1-4H2,(H,14,15). The zero-order valence-corrected chi connectivity index (χ0v) is 8.52. The number of hydrogen-bond acceptors (Lipinski definition) is 3. The van der Waals surface area contributed by atoms with Crippen LogP contribution in [0.2, 0.25) is 0 Å². The quantitative estimate of drug-likeness (QED) is 0.763. The van der Waals surface area contributed by atoms with Crippen molar-refractivity contribution in [3.8, 4) is 0 Å². The van der Waals surface area contributed by atoms with E-state index in [-0.39, 0.29) is 13.2 Å². The number of rotatable bonds is 3. The molecule has 0 bridgehead atoms. The molecule has 0 aliphatic carbocycles. The molecule has 1 heterocycles. The van der Waals surface area contributed by atoms with E-state index < -0.39 is 30.7 Å². The third-order valence-corrected chi connectivity index (χ3v) is 2.02. The summed E-state index contributed by atoms with van der Waals surface area (Å²) in [5.74, 6) is -7.79. The highest BCUT2D eigenvalue weighted by Gasteiger charge is 2.63. The van der Waals surface area contributed by atoms with Crippen LogP contribution in [0, 0.1) is 0 Å². The van der Waals surface area contributed by atoms with Crippen molar-refractivity contribution in [2.75, 3.05) is 26.4 Å². The molecule has 0 aromatic heterocycles. The Morgan fingerprint density at radius 2 is 1.88 bits per heavy atom. The van der Waals surface area contributed by atoms with E-state index in [4.69, 9.17) is 9.47 Å². The second kappa shape index (κ2) is 5.13. The Morgan fingerprint density at radius 1 is 1.24 bits per heavy atom. The summed E-state index contributed by atoms with van der Waals surface area (Å²) >= 11 is 0. The molecule has 17 heavy (non-hydrogen) atoms. The van der Waals surface area contributed by atoms with Crippen LogP contribution in [0.5, 0.6) is 0 Å². The summed E-state index contributed by atoms with van der Waals surface area (Å²) in [6.07, 6.45) is -6.61. The van der Waals surface area contributed by atoms with Crippen LogP contribution in [0.4, 0.5) is 22.0 Å². The van der Waals surface area contributed by atoms with Gasteiger partial charge in [-0.05, 0) is 0 Å². The van der Waals surface area contributed by atoms with Crippen LogP contribution in [-0.4, -0.2) is 50.5 Å². The second-order valence-electron chi connectivity index (χ2n) is 3.35. The molecule has 1 aliphatic rings. The monoisotopic (exact) mass is 263 g/mol. The lowest BCUT2D eigenvalue weighted by molar-refractivity contribution is -0.270. The van der Waals surface area contributed by atoms with Gasteiger partial charge in [0.05, 0.1) is 25.9 Å². The van der Waals surface area contributed by atoms with E-state index in [1.54, 1.807) is 0 Å². The average Bonchev–Trinajstić information content (AvgIpc) is 2.25. The van der Waals surface area contributed by atoms with Crippen molar-refractivity contribution in [1.29, 1.82) is 0 Å². The molecule has 1 N–H and O–H groups in total. The van der Waals surface area contributed by atoms with E-state index in [1.165, 1.54) is 5.32 Å². The van der Waals surface area contributed by atoms with E-state index in [0.717, 1.165) is 0 Å². The fraction of sp³-hybridized carbons (Fsp3) is 0.875. The van der Waals surface area contributed by atoms with Crippen molar-refractivity contribution in [3.05, 3.63) is 0 Å². The van der Waals surface area contributed by atoms with Crippen LogP contribution in [0.25, 0.3) is 0 Å². The van der Waals surface area contributed by atoms with E-state index in [9.17, 15) is 26.7 Å². The maximum Gasteiger partial charge on any atom is 0.463 e. The highest BCUT2D eigenvalue weighted by Crippen LogP contribution is 2.35. The molecule has 0 saturated carbocycles. The largest absolute Gasteiger partial charge is 0.463 e. The topological polar surface area (TPSA) is 47.6 Å². The first kappa shape index (κ1) is 14.1. The summed E-state index contributed by atoms with van der Waals surface area (Å²) < 4.78 is 70.1. The minimum Gasteiger partial charge on any atom is -0.376 e. The van der Waals surface area contributed by atoms with Crippen LogP contribution in [0.1, 0.15) is 0 Å². The Bertz CT molecular complexity index is 275. The highest BCUT2D eigenvalue weighted by molar-refractivity contribution is 5.84. The molecule has 1 aliphatic heterocycles. The van der Waals surface area contributed by atoms with Gasteiger partial charge in [-0.1, -0.05) is 0 Å². The van der Waals surface area contributed by atoms with Gasteiger partial charge >= 0.3 is 12.1 Å². The average molecular weight is 263 g/mol. The first-order valence-corrected chi connectivity index (χ1v) is 4.67. The number of amides is 1. The molecule has 0 spiro atoms. The fourth-order valence-corrected chi connectivity index (χ4v) is 1.10. The van der Waals surface area contributed by atoms with Gasteiger partial charge in [0.1, 0.15) is 0 Å². The van der Waals surface area contributed by atoms with Crippen LogP contribution < -0.4 is 5.32 Å². The molecule has 0 aromatic carbocycles. The lowest BCUT2D eigenvalue weighted by Gasteiger charge is -2.24. The molecule has 1 saturated heterocycles. The summed E-state index contributed by atoms with van der Waals surface area (Å²) in [6.45, 7) is 0.113. The first-order chi connectivity index (χ1) is 7.75. The number of hydrogen-bond donors (Lipinski definition) is 1. The lowest BCUT2D eigenvalue weighted by Crippen LogP contribution is -2.52. The minimum atomic E-state index is -5.90. The second-order valence-corrected chi connectivity index (χ2v) is 3.35. The third kappa shape index (κ3) is 3.50. The van der Waals surface area contributed by atoms with Crippen molar-refractivity contribution in [2.24, 2.45) is 0 Å². The van der Waals surface area contributed by atoms with Gasteiger partial charge in [-0.2, -0.15) is 22.0 Å². The molecular formula is C8H10F5NO3. The normalized spacial score (nSPS) is 22.3. The van der Waals surface area contributed by atoms with Gasteiger partial charge in [-0.15, -0.1) is 0 Å². The first-order valence-electron chi connectivity index (χ1n) is 4.67. The lowest BCUT2D eigenvalue weighted by atomic mass is 10.3. The van der Waals surface area contributed by atoms with Crippen LogP contribution >= 0.6 is 0 Å². The Hall–Kier alpha value is -0.960. The van der Waals surface area contributed by atoms with Crippen molar-refractivity contribution >= 4 is 5.91 Å². The van der Waals surface area contributed by atoms with E-state index in [0.29, 0.717) is 6.61 Å². The predicted octanol–water partition coefficient (Wildman–Crippen LogP) is 0.716. The zero-order chi connectivity index (χ0) is 13.1. The highest BCUT2D eigenvalue weighted by atomic mass is 19.4. The maximum atomic E-state index is 12.5. The summed E-state index contributed by atoms with van der Waals surface area (Å²) in [5, 5.41) is 1.49. The molecule has 1 fully saturated rings. The van der Waals surface area contributed by atoms with Crippen molar-refractivity contribution in [1.82, 2.24) is 5.32 Å². The molecule has 1 amide bonds. The van der Waals surface area contributed by atoms with Gasteiger partial charge in [0.15, 0.2) is 0 Å². The van der Waals surface area contributed by atoms with Gasteiger partial charge in [-0.25, -0.2) is 0 Å². The molecular weight excluding hydrogens is 253 g/mol. The Kier molecular flexibility index (Phi) is 4.26. The molecule has 0 radical (unpaired) electrons. The van der Waals surface area contributed by atoms with Gasteiger partial charge in [-0.3, -0.25) is 4.79 Å². The van der Waals surface area contributed by atoms with Crippen molar-refractivity contribution in [3.63, 3.8) is 0 Å². The summed E-state index contributed by atoms with van der Waals surface area (Å²) in [5.41, 5.74) is 0.